The zero-order valence-electron chi connectivity index (χ0n) is 19.0. The number of terminal acetylenes is 1. The Hall–Kier alpha value is -4.22. The van der Waals surface area contributed by atoms with Crippen LogP contribution in [-0.4, -0.2) is 52.0 Å². The molecule has 8 heteroatoms. The molecule has 0 bridgehead atoms. The number of hydrogen-bond donors (Lipinski definition) is 2. The highest BCUT2D eigenvalue weighted by molar-refractivity contribution is 5.99. The number of cyclic esters (lactones) is 1. The molecule has 1 aliphatic heterocycles. The first-order valence-electron chi connectivity index (χ1n) is 10.8. The van der Waals surface area contributed by atoms with Crippen molar-refractivity contribution >= 4 is 40.2 Å². The molecule has 0 aliphatic carbocycles. The number of amides is 1. The summed E-state index contributed by atoms with van der Waals surface area (Å²) in [5.74, 6) is 2.70. The molecule has 2 N–H and O–H groups in total. The molecule has 1 fully saturated rings. The van der Waals surface area contributed by atoms with Gasteiger partial charge in [-0.25, -0.2) is 4.98 Å². The Bertz CT molecular complexity index is 1310. The van der Waals surface area contributed by atoms with E-state index in [1.807, 2.05) is 67.3 Å². The first-order chi connectivity index (χ1) is 16.3. The molecule has 0 radical (unpaired) electrons. The normalized spacial score (nSPS) is 15.6. The predicted molar refractivity (Wildman–Crippen MR) is 132 cm³/mol. The van der Waals surface area contributed by atoms with Gasteiger partial charge in [0.2, 0.25) is 11.9 Å². The van der Waals surface area contributed by atoms with Crippen molar-refractivity contribution in [3.63, 3.8) is 0 Å². The number of benzene rings is 2. The molecule has 8 nitrogen and oxygen atoms in total. The number of rotatable bonds is 6. The van der Waals surface area contributed by atoms with Crippen LogP contribution in [0.25, 0.3) is 10.9 Å². The van der Waals surface area contributed by atoms with Gasteiger partial charge < -0.3 is 10.1 Å². The molecule has 172 valence electrons. The van der Waals surface area contributed by atoms with Crippen molar-refractivity contribution in [1.82, 2.24) is 14.9 Å². The molecule has 1 aromatic heterocycles. The van der Waals surface area contributed by atoms with Crippen molar-refractivity contribution in [3.8, 4) is 12.3 Å². The van der Waals surface area contributed by atoms with Crippen LogP contribution in [0.15, 0.2) is 60.7 Å². The molecule has 1 saturated heterocycles. The van der Waals surface area contributed by atoms with Crippen molar-refractivity contribution in [1.29, 1.82) is 0 Å². The molecule has 0 unspecified atom stereocenters. The summed E-state index contributed by atoms with van der Waals surface area (Å²) in [5.41, 5.74) is 1.90. The largest absolute Gasteiger partial charge is 0.463 e. The molecule has 2 heterocycles. The molecule has 3 aromatic rings. The van der Waals surface area contributed by atoms with E-state index < -0.39 is 0 Å². The van der Waals surface area contributed by atoms with Crippen molar-refractivity contribution in [3.05, 3.63) is 66.2 Å². The van der Waals surface area contributed by atoms with Crippen LogP contribution in [0, 0.1) is 12.3 Å². The number of para-hydroxylation sites is 1. The van der Waals surface area contributed by atoms with Crippen LogP contribution >= 0.6 is 0 Å². The fourth-order valence-corrected chi connectivity index (χ4v) is 3.57. The Labute approximate surface area is 198 Å². The smallest absolute Gasteiger partial charge is 0.320 e. The van der Waals surface area contributed by atoms with Gasteiger partial charge in [-0.05, 0) is 44.2 Å². The van der Waals surface area contributed by atoms with Gasteiger partial charge in [0.15, 0.2) is 0 Å². The lowest BCUT2D eigenvalue weighted by molar-refractivity contribution is -0.159. The number of ether oxygens (including phenoxy) is 1. The second-order valence-electron chi connectivity index (χ2n) is 8.51. The van der Waals surface area contributed by atoms with E-state index in [9.17, 15) is 9.59 Å². The van der Waals surface area contributed by atoms with Crippen LogP contribution < -0.4 is 10.6 Å². The van der Waals surface area contributed by atoms with Gasteiger partial charge in [-0.3, -0.25) is 19.8 Å². The second kappa shape index (κ2) is 9.73. The van der Waals surface area contributed by atoms with E-state index in [-0.39, 0.29) is 29.9 Å². The zero-order chi connectivity index (χ0) is 24.1. The Kier molecular flexibility index (Phi) is 6.57. The average Bonchev–Trinajstić information content (AvgIpc) is 2.81. The van der Waals surface area contributed by atoms with Gasteiger partial charge in [-0.15, -0.1) is 6.42 Å². The lowest BCUT2D eigenvalue weighted by Gasteiger charge is -2.40. The summed E-state index contributed by atoms with van der Waals surface area (Å²) >= 11 is 0. The van der Waals surface area contributed by atoms with E-state index in [1.54, 1.807) is 6.08 Å². The van der Waals surface area contributed by atoms with Gasteiger partial charge in [0, 0.05) is 29.3 Å². The fourth-order valence-electron chi connectivity index (χ4n) is 3.57. The number of carbonyl (C=O) groups excluding carboxylic acids is 2. The van der Waals surface area contributed by atoms with Crippen LogP contribution in [0.4, 0.5) is 17.5 Å². The molecule has 34 heavy (non-hydrogen) atoms. The SMILES string of the molecule is C#Cc1cccc(Nc2nc(NC(=O)C=CCN3CC(=O)OCC3(C)C)nc3ccccc23)c1. The molecular formula is C26H25N5O3. The third-order valence-corrected chi connectivity index (χ3v) is 5.49. The van der Waals surface area contributed by atoms with Gasteiger partial charge in [0.25, 0.3) is 0 Å². The maximum atomic E-state index is 12.5. The molecule has 0 saturated carbocycles. The maximum absolute atomic E-state index is 12.5. The Morgan fingerprint density at radius 3 is 2.88 bits per heavy atom. The fraction of sp³-hybridized carbons (Fsp3) is 0.231. The highest BCUT2D eigenvalue weighted by atomic mass is 16.5. The van der Waals surface area contributed by atoms with Gasteiger partial charge in [-0.1, -0.05) is 30.2 Å². The van der Waals surface area contributed by atoms with E-state index in [4.69, 9.17) is 11.2 Å². The van der Waals surface area contributed by atoms with E-state index in [1.165, 1.54) is 6.08 Å². The van der Waals surface area contributed by atoms with Gasteiger partial charge >= 0.3 is 5.97 Å². The van der Waals surface area contributed by atoms with Gasteiger partial charge in [-0.2, -0.15) is 4.98 Å². The quantitative estimate of drug-likeness (QED) is 0.334. The number of carbonyl (C=O) groups is 2. The number of esters is 1. The first-order valence-corrected chi connectivity index (χ1v) is 10.8. The van der Waals surface area contributed by atoms with E-state index in [0.29, 0.717) is 24.5 Å². The minimum atomic E-state index is -0.368. The van der Waals surface area contributed by atoms with Crippen molar-refractivity contribution in [2.45, 2.75) is 19.4 Å². The lowest BCUT2D eigenvalue weighted by atomic mass is 10.0. The Morgan fingerprint density at radius 1 is 1.24 bits per heavy atom. The monoisotopic (exact) mass is 455 g/mol. The number of hydrogen-bond acceptors (Lipinski definition) is 7. The van der Waals surface area contributed by atoms with Crippen LogP contribution in [0.3, 0.4) is 0 Å². The number of nitrogens with zero attached hydrogens (tertiary/aromatic N) is 3. The molecule has 1 aliphatic rings. The van der Waals surface area contributed by atoms with Crippen molar-refractivity contribution in [2.24, 2.45) is 0 Å². The summed E-state index contributed by atoms with van der Waals surface area (Å²) < 4.78 is 5.12. The molecule has 0 spiro atoms. The standard InChI is InChI=1S/C26H25N5O3/c1-4-18-9-7-10-19(15-18)27-24-20-11-5-6-12-21(20)28-25(30-24)29-22(32)13-8-14-31-16-23(33)34-17-26(31,2)3/h1,5-13,15H,14,16-17H2,2-3H3,(H2,27,28,29,30,32). The average molecular weight is 456 g/mol. The first kappa shape index (κ1) is 23.0. The number of morpholine rings is 1. The zero-order valence-corrected chi connectivity index (χ0v) is 19.0. The van der Waals surface area contributed by atoms with Crippen molar-refractivity contribution in [2.75, 3.05) is 30.3 Å². The van der Waals surface area contributed by atoms with Crippen LogP contribution in [0.1, 0.15) is 19.4 Å². The maximum Gasteiger partial charge on any atom is 0.320 e. The summed E-state index contributed by atoms with van der Waals surface area (Å²) in [6.45, 7) is 4.92. The molecule has 0 atom stereocenters. The molecular weight excluding hydrogens is 430 g/mol. The topological polar surface area (TPSA) is 96.5 Å². The third-order valence-electron chi connectivity index (χ3n) is 5.49. The van der Waals surface area contributed by atoms with Crippen LogP contribution in [0.5, 0.6) is 0 Å². The highest BCUT2D eigenvalue weighted by Gasteiger charge is 2.33. The Balaban J connectivity index is 1.50. The molecule has 2 aromatic carbocycles. The molecule has 1 amide bonds. The van der Waals surface area contributed by atoms with E-state index in [0.717, 1.165) is 16.6 Å². The highest BCUT2D eigenvalue weighted by Crippen LogP contribution is 2.25. The van der Waals surface area contributed by atoms with E-state index >= 15 is 0 Å². The van der Waals surface area contributed by atoms with Gasteiger partial charge in [0.1, 0.15) is 12.4 Å². The predicted octanol–water partition coefficient (Wildman–Crippen LogP) is 3.49. The number of anilines is 3. The van der Waals surface area contributed by atoms with E-state index in [2.05, 4.69) is 26.5 Å². The minimum absolute atomic E-state index is 0.172. The van der Waals surface area contributed by atoms with Gasteiger partial charge in [0.05, 0.1) is 17.6 Å². The second-order valence-corrected chi connectivity index (χ2v) is 8.51. The minimum Gasteiger partial charge on any atom is -0.463 e. The summed E-state index contributed by atoms with van der Waals surface area (Å²) in [7, 11) is 0. The van der Waals surface area contributed by atoms with Crippen LogP contribution in [0.2, 0.25) is 0 Å². The van der Waals surface area contributed by atoms with Crippen molar-refractivity contribution < 1.29 is 14.3 Å². The summed E-state index contributed by atoms with van der Waals surface area (Å²) in [6, 6.07) is 14.9. The van der Waals surface area contributed by atoms with Crippen LogP contribution in [-0.2, 0) is 14.3 Å². The molecule has 4 rings (SSSR count). The number of nitrogens with one attached hydrogen (secondary N) is 2. The number of fused-ring (bicyclic) bond motifs is 1. The Morgan fingerprint density at radius 2 is 2.06 bits per heavy atom. The number of aromatic nitrogens is 2. The lowest BCUT2D eigenvalue weighted by Crippen LogP contribution is -2.54. The summed E-state index contributed by atoms with van der Waals surface area (Å²) in [6.07, 6.45) is 8.63. The third kappa shape index (κ3) is 5.39. The summed E-state index contributed by atoms with van der Waals surface area (Å²) in [5, 5.41) is 6.79. The summed E-state index contributed by atoms with van der Waals surface area (Å²) in [4.78, 5) is 35.1.